The number of halogens is 3. The summed E-state index contributed by atoms with van der Waals surface area (Å²) in [6, 6.07) is 10.2. The van der Waals surface area contributed by atoms with E-state index in [4.69, 9.17) is 0 Å². The van der Waals surface area contributed by atoms with Gasteiger partial charge < -0.3 is 5.32 Å². The predicted octanol–water partition coefficient (Wildman–Crippen LogP) is 6.16. The van der Waals surface area contributed by atoms with E-state index in [9.17, 15) is 18.0 Å². The Hall–Kier alpha value is -3.42. The van der Waals surface area contributed by atoms with Gasteiger partial charge in [0.05, 0.1) is 11.3 Å². The molecule has 1 N–H and O–H groups in total. The molecule has 0 bridgehead atoms. The molecule has 0 saturated heterocycles. The number of anilines is 2. The van der Waals surface area contributed by atoms with Crippen molar-refractivity contribution in [1.29, 1.82) is 0 Å². The third-order valence-electron chi connectivity index (χ3n) is 6.31. The molecule has 1 aromatic carbocycles. The molecule has 3 heterocycles. The fraction of sp³-hybridized carbons (Fsp3) is 0.292. The Bertz CT molecular complexity index is 1190. The van der Waals surface area contributed by atoms with Crippen LogP contribution in [0.25, 0.3) is 11.3 Å². The predicted molar refractivity (Wildman–Crippen MR) is 116 cm³/mol. The second kappa shape index (κ2) is 7.62. The Morgan fingerprint density at radius 3 is 2.78 bits per heavy atom. The maximum atomic E-state index is 13.3. The summed E-state index contributed by atoms with van der Waals surface area (Å²) >= 11 is 0. The quantitative estimate of drug-likeness (QED) is 0.521. The average molecular weight is 438 g/mol. The molecule has 8 heteroatoms. The van der Waals surface area contributed by atoms with Gasteiger partial charge in [0.1, 0.15) is 5.82 Å². The molecule has 0 radical (unpaired) electrons. The van der Waals surface area contributed by atoms with Crippen molar-refractivity contribution >= 4 is 17.5 Å². The zero-order chi connectivity index (χ0) is 22.5. The van der Waals surface area contributed by atoms with Gasteiger partial charge in [0.15, 0.2) is 0 Å². The van der Waals surface area contributed by atoms with E-state index in [0.717, 1.165) is 42.5 Å². The molecule has 1 fully saturated rings. The fourth-order valence-electron chi connectivity index (χ4n) is 4.76. The molecular weight excluding hydrogens is 417 g/mol. The number of amides is 2. The number of nitrogens with zero attached hydrogens (tertiary/aromatic N) is 3. The lowest BCUT2D eigenvalue weighted by Crippen LogP contribution is -2.40. The van der Waals surface area contributed by atoms with Crippen LogP contribution in [-0.4, -0.2) is 22.0 Å². The molecule has 2 amide bonds. The van der Waals surface area contributed by atoms with E-state index in [2.05, 4.69) is 15.3 Å². The van der Waals surface area contributed by atoms with Gasteiger partial charge in [-0.05, 0) is 49.6 Å². The Morgan fingerprint density at radius 1 is 1.16 bits per heavy atom. The molecule has 1 aliphatic heterocycles. The second-order valence-corrected chi connectivity index (χ2v) is 8.28. The van der Waals surface area contributed by atoms with Gasteiger partial charge in [0, 0.05) is 41.2 Å². The fourth-order valence-corrected chi connectivity index (χ4v) is 4.76. The van der Waals surface area contributed by atoms with E-state index in [1.807, 2.05) is 13.0 Å². The number of carbonyl (C=O) groups is 1. The Balaban J connectivity index is 1.53. The lowest BCUT2D eigenvalue weighted by atomic mass is 9.98. The molecule has 2 unspecified atom stereocenters. The Morgan fingerprint density at radius 2 is 2.00 bits per heavy atom. The maximum absolute atomic E-state index is 13.3. The Labute approximate surface area is 183 Å². The van der Waals surface area contributed by atoms with Gasteiger partial charge in [0.25, 0.3) is 0 Å². The summed E-state index contributed by atoms with van der Waals surface area (Å²) in [7, 11) is 0. The second-order valence-electron chi connectivity index (χ2n) is 8.28. The summed E-state index contributed by atoms with van der Waals surface area (Å²) in [5, 5.41) is 2.95. The molecular formula is C24H21F3N4O. The third-order valence-corrected chi connectivity index (χ3v) is 6.31. The maximum Gasteiger partial charge on any atom is 0.416 e. The highest BCUT2D eigenvalue weighted by molar-refractivity contribution is 6.04. The van der Waals surface area contributed by atoms with Crippen molar-refractivity contribution in [3.05, 3.63) is 71.5 Å². The Kier molecular flexibility index (Phi) is 4.87. The van der Waals surface area contributed by atoms with Crippen molar-refractivity contribution in [2.75, 3.05) is 10.2 Å². The topological polar surface area (TPSA) is 58.1 Å². The highest BCUT2D eigenvalue weighted by Crippen LogP contribution is 2.49. The van der Waals surface area contributed by atoms with Crippen LogP contribution in [0.5, 0.6) is 0 Å². The molecule has 0 spiro atoms. The number of pyridine rings is 2. The number of carbonyl (C=O) groups excluding carboxylic acids is 1. The zero-order valence-corrected chi connectivity index (χ0v) is 17.4. The third kappa shape index (κ3) is 3.49. The number of nitrogens with one attached hydrogen (secondary N) is 1. The smallest absolute Gasteiger partial charge is 0.307 e. The van der Waals surface area contributed by atoms with Gasteiger partial charge in [-0.3, -0.25) is 9.88 Å². The van der Waals surface area contributed by atoms with E-state index in [1.54, 1.807) is 35.5 Å². The van der Waals surface area contributed by atoms with E-state index >= 15 is 0 Å². The van der Waals surface area contributed by atoms with Crippen LogP contribution in [0.15, 0.2) is 54.9 Å². The van der Waals surface area contributed by atoms with Crippen LogP contribution in [0, 0.1) is 6.92 Å². The number of aryl methyl sites for hydroxylation is 1. The summed E-state index contributed by atoms with van der Waals surface area (Å²) < 4.78 is 39.5. The first-order valence-electron chi connectivity index (χ1n) is 10.5. The SMILES string of the molecule is Cc1cnccc1NC(=O)N1c2nc(-c3cccc(C(F)(F)F)c3)ccc2C2CCCC21. The molecule has 5 rings (SSSR count). The number of alkyl halides is 3. The van der Waals surface area contributed by atoms with Gasteiger partial charge in [-0.15, -0.1) is 0 Å². The molecule has 2 aromatic heterocycles. The molecule has 164 valence electrons. The minimum atomic E-state index is -4.43. The number of rotatable bonds is 2. The molecule has 2 aliphatic rings. The first kappa shape index (κ1) is 20.5. The van der Waals surface area contributed by atoms with Gasteiger partial charge in [-0.25, -0.2) is 9.78 Å². The normalized spacial score (nSPS) is 19.6. The van der Waals surface area contributed by atoms with Crippen LogP contribution in [0.2, 0.25) is 0 Å². The molecule has 3 aromatic rings. The summed E-state index contributed by atoms with van der Waals surface area (Å²) in [4.78, 5) is 23.7. The summed E-state index contributed by atoms with van der Waals surface area (Å²) in [5.41, 5.74) is 2.54. The summed E-state index contributed by atoms with van der Waals surface area (Å²) in [6.45, 7) is 1.86. The first-order chi connectivity index (χ1) is 15.3. The van der Waals surface area contributed by atoms with Gasteiger partial charge >= 0.3 is 12.2 Å². The molecule has 1 saturated carbocycles. The number of hydrogen-bond donors (Lipinski definition) is 1. The van der Waals surface area contributed by atoms with E-state index in [0.29, 0.717) is 22.8 Å². The highest BCUT2D eigenvalue weighted by Gasteiger charge is 2.45. The van der Waals surface area contributed by atoms with Crippen molar-refractivity contribution in [3.8, 4) is 11.3 Å². The highest BCUT2D eigenvalue weighted by atomic mass is 19.4. The van der Waals surface area contributed by atoms with E-state index in [-0.39, 0.29) is 18.0 Å². The largest absolute Gasteiger partial charge is 0.416 e. The molecule has 5 nitrogen and oxygen atoms in total. The number of aromatic nitrogens is 2. The molecule has 32 heavy (non-hydrogen) atoms. The minimum absolute atomic E-state index is 0.00333. The minimum Gasteiger partial charge on any atom is -0.307 e. The van der Waals surface area contributed by atoms with Gasteiger partial charge in [-0.1, -0.05) is 24.6 Å². The van der Waals surface area contributed by atoms with Crippen LogP contribution < -0.4 is 10.2 Å². The summed E-state index contributed by atoms with van der Waals surface area (Å²) in [6.07, 6.45) is 1.70. The summed E-state index contributed by atoms with van der Waals surface area (Å²) in [5.74, 6) is 0.719. The number of fused-ring (bicyclic) bond motifs is 3. The average Bonchev–Trinajstić information content (AvgIpc) is 3.35. The standard InChI is InChI=1S/C24H21F3N4O/c1-14-13-28-11-10-19(14)30-23(32)31-21-7-3-6-17(21)18-8-9-20(29-22(18)31)15-4-2-5-16(12-15)24(25,26)27/h2,4-5,8-13,17,21H,3,6-7H2,1H3,(H,28,30,32). The van der Waals surface area contributed by atoms with Crippen molar-refractivity contribution in [1.82, 2.24) is 9.97 Å². The van der Waals surface area contributed by atoms with Crippen LogP contribution in [-0.2, 0) is 6.18 Å². The molecule has 2 atom stereocenters. The van der Waals surface area contributed by atoms with Crippen molar-refractivity contribution in [3.63, 3.8) is 0 Å². The van der Waals surface area contributed by atoms with Crippen LogP contribution in [0.4, 0.5) is 29.5 Å². The van der Waals surface area contributed by atoms with Crippen LogP contribution >= 0.6 is 0 Å². The lowest BCUT2D eigenvalue weighted by molar-refractivity contribution is -0.137. The molecule has 1 aliphatic carbocycles. The number of hydrogen-bond acceptors (Lipinski definition) is 3. The number of urea groups is 1. The van der Waals surface area contributed by atoms with Crippen LogP contribution in [0.1, 0.15) is 41.9 Å². The lowest BCUT2D eigenvalue weighted by Gasteiger charge is -2.25. The van der Waals surface area contributed by atoms with Crippen molar-refractivity contribution in [2.24, 2.45) is 0 Å². The van der Waals surface area contributed by atoms with Crippen LogP contribution in [0.3, 0.4) is 0 Å². The van der Waals surface area contributed by atoms with Crippen molar-refractivity contribution < 1.29 is 18.0 Å². The number of benzene rings is 1. The first-order valence-corrected chi connectivity index (χ1v) is 10.5. The van der Waals surface area contributed by atoms with E-state index < -0.39 is 11.7 Å². The van der Waals surface area contributed by atoms with Gasteiger partial charge in [0.2, 0.25) is 0 Å². The monoisotopic (exact) mass is 438 g/mol. The van der Waals surface area contributed by atoms with Gasteiger partial charge in [-0.2, -0.15) is 13.2 Å². The van der Waals surface area contributed by atoms with Crippen molar-refractivity contribution in [2.45, 2.75) is 44.3 Å². The zero-order valence-electron chi connectivity index (χ0n) is 17.4. The van der Waals surface area contributed by atoms with E-state index in [1.165, 1.54) is 6.07 Å².